The third-order valence-corrected chi connectivity index (χ3v) is 6.30. The number of hydrogen-bond donors (Lipinski definition) is 1. The quantitative estimate of drug-likeness (QED) is 0.577. The highest BCUT2D eigenvalue weighted by Gasteiger charge is 2.28. The maximum absolute atomic E-state index is 12.7. The second-order valence-corrected chi connectivity index (χ2v) is 8.25. The largest absolute Gasteiger partial charge is 0.466 e. The first-order chi connectivity index (χ1) is 12.8. The maximum Gasteiger partial charge on any atom is 0.354 e. The Morgan fingerprint density at radius 3 is 2.22 bits per heavy atom. The Balaban J connectivity index is 2.17. The van der Waals surface area contributed by atoms with Crippen molar-refractivity contribution in [3.63, 3.8) is 0 Å². The Labute approximate surface area is 159 Å². The van der Waals surface area contributed by atoms with Crippen LogP contribution in [0.4, 0.5) is 5.69 Å². The lowest BCUT2D eigenvalue weighted by Crippen LogP contribution is -2.37. The number of benzene rings is 1. The van der Waals surface area contributed by atoms with Crippen LogP contribution in [0.2, 0.25) is 0 Å². The van der Waals surface area contributed by atoms with E-state index in [-0.39, 0.29) is 10.6 Å². The first-order valence-corrected chi connectivity index (χ1v) is 9.97. The molecule has 0 radical (unpaired) electrons. The van der Waals surface area contributed by atoms with E-state index < -0.39 is 22.0 Å². The van der Waals surface area contributed by atoms with E-state index in [1.54, 1.807) is 0 Å². The molecule has 1 N–H and O–H groups in total. The van der Waals surface area contributed by atoms with E-state index in [4.69, 9.17) is 0 Å². The monoisotopic (exact) mass is 396 g/mol. The maximum atomic E-state index is 12.7. The van der Waals surface area contributed by atoms with Crippen molar-refractivity contribution >= 4 is 27.6 Å². The van der Waals surface area contributed by atoms with Crippen molar-refractivity contribution in [3.05, 3.63) is 36.0 Å². The van der Waals surface area contributed by atoms with Gasteiger partial charge in [-0.25, -0.2) is 18.0 Å². The van der Waals surface area contributed by atoms with Crippen LogP contribution >= 0.6 is 0 Å². The van der Waals surface area contributed by atoms with Gasteiger partial charge in [-0.15, -0.1) is 0 Å². The summed E-state index contributed by atoms with van der Waals surface area (Å²) in [7, 11) is -1.18. The summed E-state index contributed by atoms with van der Waals surface area (Å²) in [4.78, 5) is 23.3. The standard InChI is InChI=1S/C18H24N2O6S/c1-13-8-10-20(11-9-13)27(23,24)15-6-4-14(5-7-15)19-16(18(22)26-3)12-17(21)25-2/h4-7,12-13,19H,8-11H2,1-3H3/b16-12+. The number of rotatable bonds is 6. The number of hydrogen-bond acceptors (Lipinski definition) is 7. The molecule has 1 aliphatic heterocycles. The number of piperidine rings is 1. The van der Waals surface area contributed by atoms with Crippen LogP contribution in [0.15, 0.2) is 40.9 Å². The van der Waals surface area contributed by atoms with Crippen LogP contribution in [-0.2, 0) is 29.1 Å². The molecule has 1 aromatic carbocycles. The number of methoxy groups -OCH3 is 2. The third kappa shape index (κ3) is 5.30. The molecule has 0 aromatic heterocycles. The Hall–Kier alpha value is -2.39. The Kier molecular flexibility index (Phi) is 6.98. The zero-order chi connectivity index (χ0) is 20.0. The van der Waals surface area contributed by atoms with Gasteiger partial charge in [-0.1, -0.05) is 6.92 Å². The normalized spacial score (nSPS) is 16.6. The van der Waals surface area contributed by atoms with Crippen LogP contribution < -0.4 is 5.32 Å². The first-order valence-electron chi connectivity index (χ1n) is 8.53. The SMILES string of the molecule is COC(=O)/C=C(/Nc1ccc(S(=O)(=O)N2CCC(C)CC2)cc1)C(=O)OC. The number of ether oxygens (including phenoxy) is 2. The zero-order valence-corrected chi connectivity index (χ0v) is 16.4. The summed E-state index contributed by atoms with van der Waals surface area (Å²) in [6.45, 7) is 3.14. The smallest absolute Gasteiger partial charge is 0.354 e. The molecule has 1 aromatic rings. The second-order valence-electron chi connectivity index (χ2n) is 6.31. The third-order valence-electron chi connectivity index (χ3n) is 4.38. The van der Waals surface area contributed by atoms with Gasteiger partial charge in [-0.05, 0) is 43.0 Å². The van der Waals surface area contributed by atoms with Gasteiger partial charge in [0.05, 0.1) is 25.2 Å². The topological polar surface area (TPSA) is 102 Å². The molecule has 1 heterocycles. The summed E-state index contributed by atoms with van der Waals surface area (Å²) in [6.07, 6.45) is 2.66. The molecule has 0 atom stereocenters. The lowest BCUT2D eigenvalue weighted by Gasteiger charge is -2.29. The summed E-state index contributed by atoms with van der Waals surface area (Å²) < 4.78 is 36.1. The molecular formula is C18H24N2O6S. The minimum Gasteiger partial charge on any atom is -0.466 e. The molecule has 1 saturated heterocycles. The number of nitrogens with one attached hydrogen (secondary N) is 1. The molecule has 27 heavy (non-hydrogen) atoms. The molecule has 0 unspecified atom stereocenters. The summed E-state index contributed by atoms with van der Waals surface area (Å²) in [5.41, 5.74) is 0.312. The van der Waals surface area contributed by atoms with Gasteiger partial charge < -0.3 is 14.8 Å². The Morgan fingerprint density at radius 1 is 1.11 bits per heavy atom. The van der Waals surface area contributed by atoms with E-state index >= 15 is 0 Å². The number of carbonyl (C=O) groups is 2. The number of anilines is 1. The summed E-state index contributed by atoms with van der Waals surface area (Å²) >= 11 is 0. The summed E-state index contributed by atoms with van der Waals surface area (Å²) in [5.74, 6) is -0.942. The highest BCUT2D eigenvalue weighted by atomic mass is 32.2. The van der Waals surface area contributed by atoms with E-state index in [9.17, 15) is 18.0 Å². The molecule has 148 valence electrons. The molecule has 1 fully saturated rings. The zero-order valence-electron chi connectivity index (χ0n) is 15.6. The van der Waals surface area contributed by atoms with Crippen LogP contribution in [0.5, 0.6) is 0 Å². The number of esters is 2. The highest BCUT2D eigenvalue weighted by molar-refractivity contribution is 7.89. The van der Waals surface area contributed by atoms with E-state index in [1.807, 2.05) is 0 Å². The average molecular weight is 396 g/mol. The van der Waals surface area contributed by atoms with Crippen LogP contribution in [0.25, 0.3) is 0 Å². The summed E-state index contributed by atoms with van der Waals surface area (Å²) in [5, 5.41) is 2.74. The van der Waals surface area contributed by atoms with Gasteiger partial charge in [0, 0.05) is 18.8 Å². The highest BCUT2D eigenvalue weighted by Crippen LogP contribution is 2.24. The molecule has 8 nitrogen and oxygen atoms in total. The number of sulfonamides is 1. The molecule has 9 heteroatoms. The lowest BCUT2D eigenvalue weighted by molar-refractivity contribution is -0.138. The Morgan fingerprint density at radius 2 is 1.70 bits per heavy atom. The fourth-order valence-corrected chi connectivity index (χ4v) is 4.14. The van der Waals surface area contributed by atoms with Crippen LogP contribution in [0, 0.1) is 5.92 Å². The summed E-state index contributed by atoms with van der Waals surface area (Å²) in [6, 6.07) is 5.96. The fourth-order valence-electron chi connectivity index (χ4n) is 2.67. The van der Waals surface area contributed by atoms with Crippen molar-refractivity contribution in [1.82, 2.24) is 4.31 Å². The van der Waals surface area contributed by atoms with Crippen molar-refractivity contribution in [2.75, 3.05) is 32.6 Å². The fraction of sp³-hybridized carbons (Fsp3) is 0.444. The molecular weight excluding hydrogens is 372 g/mol. The van der Waals surface area contributed by atoms with E-state index in [0.29, 0.717) is 24.7 Å². The number of carbonyl (C=O) groups excluding carboxylic acids is 2. The minimum absolute atomic E-state index is 0.120. The molecule has 0 bridgehead atoms. The Bertz CT molecular complexity index is 809. The molecule has 0 saturated carbocycles. The van der Waals surface area contributed by atoms with Crippen molar-refractivity contribution in [2.45, 2.75) is 24.7 Å². The van der Waals surface area contributed by atoms with Gasteiger partial charge in [0.2, 0.25) is 10.0 Å². The number of nitrogens with zero attached hydrogens (tertiary/aromatic N) is 1. The second kappa shape index (κ2) is 9.01. The average Bonchev–Trinajstić information content (AvgIpc) is 2.67. The predicted molar refractivity (Wildman–Crippen MR) is 99.3 cm³/mol. The van der Waals surface area contributed by atoms with Gasteiger partial charge in [0.25, 0.3) is 0 Å². The van der Waals surface area contributed by atoms with Crippen molar-refractivity contribution in [3.8, 4) is 0 Å². The molecule has 0 aliphatic carbocycles. The van der Waals surface area contributed by atoms with Gasteiger partial charge in [-0.3, -0.25) is 0 Å². The van der Waals surface area contributed by atoms with Gasteiger partial charge in [0.1, 0.15) is 5.70 Å². The molecule has 1 aliphatic rings. The van der Waals surface area contributed by atoms with Crippen LogP contribution in [-0.4, -0.2) is 52.0 Å². The van der Waals surface area contributed by atoms with Crippen molar-refractivity contribution in [1.29, 1.82) is 0 Å². The van der Waals surface area contributed by atoms with E-state index in [1.165, 1.54) is 42.8 Å². The lowest BCUT2D eigenvalue weighted by atomic mass is 10.0. The van der Waals surface area contributed by atoms with Crippen LogP contribution in [0.1, 0.15) is 19.8 Å². The first kappa shape index (κ1) is 20.9. The predicted octanol–water partition coefficient (Wildman–Crippen LogP) is 1.75. The molecule has 0 amide bonds. The van der Waals surface area contributed by atoms with E-state index in [0.717, 1.165) is 18.9 Å². The van der Waals surface area contributed by atoms with Gasteiger partial charge >= 0.3 is 11.9 Å². The molecule has 2 rings (SSSR count). The molecule has 0 spiro atoms. The van der Waals surface area contributed by atoms with E-state index in [2.05, 4.69) is 21.7 Å². The van der Waals surface area contributed by atoms with Crippen LogP contribution in [0.3, 0.4) is 0 Å². The minimum atomic E-state index is -3.55. The van der Waals surface area contributed by atoms with Crippen molar-refractivity contribution < 1.29 is 27.5 Å². The van der Waals surface area contributed by atoms with Gasteiger partial charge in [0.15, 0.2) is 0 Å². The van der Waals surface area contributed by atoms with Crippen molar-refractivity contribution in [2.24, 2.45) is 5.92 Å². The van der Waals surface area contributed by atoms with Gasteiger partial charge in [-0.2, -0.15) is 4.31 Å².